The number of benzene rings is 1. The molecule has 0 bridgehead atoms. The highest BCUT2D eigenvalue weighted by atomic mass is 19.1. The number of nitrogens with zero attached hydrogens (tertiary/aromatic N) is 4. The van der Waals surface area contributed by atoms with Gasteiger partial charge in [-0.2, -0.15) is 5.26 Å². The van der Waals surface area contributed by atoms with E-state index >= 15 is 0 Å². The van der Waals surface area contributed by atoms with E-state index in [4.69, 9.17) is 5.26 Å². The largest absolute Gasteiger partial charge is 0.340 e. The van der Waals surface area contributed by atoms with Gasteiger partial charge in [-0.15, -0.1) is 0 Å². The molecule has 0 radical (unpaired) electrons. The molecule has 1 N–H and O–H groups in total. The van der Waals surface area contributed by atoms with E-state index in [1.54, 1.807) is 32.2 Å². The molecule has 0 aliphatic heterocycles. The minimum atomic E-state index is -0.297. The quantitative estimate of drug-likeness (QED) is 0.676. The van der Waals surface area contributed by atoms with Crippen molar-refractivity contribution in [2.45, 2.75) is 6.92 Å². The molecule has 96 valence electrons. The van der Waals surface area contributed by atoms with Gasteiger partial charge in [0.1, 0.15) is 23.3 Å². The first-order chi connectivity index (χ1) is 9.08. The molecule has 1 aromatic heterocycles. The minimum absolute atomic E-state index is 0.297. The molecule has 0 aliphatic carbocycles. The summed E-state index contributed by atoms with van der Waals surface area (Å²) in [6.45, 7) is 1.74. The fourth-order valence-corrected chi connectivity index (χ4v) is 1.52. The van der Waals surface area contributed by atoms with Gasteiger partial charge in [0.2, 0.25) is 0 Å². The van der Waals surface area contributed by atoms with Crippen LogP contribution in [0.4, 0.5) is 21.7 Å². The third kappa shape index (κ3) is 3.16. The van der Waals surface area contributed by atoms with Crippen molar-refractivity contribution in [3.8, 4) is 6.19 Å². The molecule has 0 saturated heterocycles. The number of nitrogens with one attached hydrogen (secondary N) is 1. The lowest BCUT2D eigenvalue weighted by atomic mass is 10.3. The summed E-state index contributed by atoms with van der Waals surface area (Å²) in [4.78, 5) is 9.71. The number of halogens is 1. The van der Waals surface area contributed by atoms with E-state index in [2.05, 4.69) is 15.3 Å². The summed E-state index contributed by atoms with van der Waals surface area (Å²) in [5.74, 6) is 1.30. The first-order valence-corrected chi connectivity index (χ1v) is 5.60. The molecule has 2 rings (SSSR count). The van der Waals surface area contributed by atoms with E-state index in [1.807, 2.05) is 6.19 Å². The molecule has 0 saturated carbocycles. The predicted molar refractivity (Wildman–Crippen MR) is 70.5 cm³/mol. The van der Waals surface area contributed by atoms with Crippen molar-refractivity contribution in [3.05, 3.63) is 42.0 Å². The minimum Gasteiger partial charge on any atom is -0.340 e. The SMILES string of the molecule is Cc1nc(Nc2ccc(F)cc2)cc(N(C)C#N)n1. The van der Waals surface area contributed by atoms with Crippen LogP contribution in [-0.2, 0) is 0 Å². The highest BCUT2D eigenvalue weighted by Gasteiger charge is 2.06. The standard InChI is InChI=1S/C13H12FN5/c1-9-16-12(7-13(17-9)19(2)8-15)18-11-5-3-10(14)4-6-11/h3-7H,1-2H3,(H,16,17,18). The Kier molecular flexibility index (Phi) is 3.57. The second-order valence-corrected chi connectivity index (χ2v) is 3.95. The van der Waals surface area contributed by atoms with Gasteiger partial charge in [-0.05, 0) is 31.2 Å². The zero-order chi connectivity index (χ0) is 13.8. The van der Waals surface area contributed by atoms with Crippen LogP contribution in [0.1, 0.15) is 5.82 Å². The Morgan fingerprint density at radius 2 is 1.95 bits per heavy atom. The fraction of sp³-hybridized carbons (Fsp3) is 0.154. The summed E-state index contributed by atoms with van der Waals surface area (Å²) in [6.07, 6.45) is 1.97. The smallest absolute Gasteiger partial charge is 0.185 e. The number of nitriles is 1. The molecule has 0 fully saturated rings. The van der Waals surface area contributed by atoms with Gasteiger partial charge in [-0.1, -0.05) is 0 Å². The van der Waals surface area contributed by atoms with Crippen molar-refractivity contribution >= 4 is 17.3 Å². The predicted octanol–water partition coefficient (Wildman–Crippen LogP) is 2.58. The third-order valence-corrected chi connectivity index (χ3v) is 2.43. The van der Waals surface area contributed by atoms with Crippen LogP contribution in [0, 0.1) is 24.2 Å². The summed E-state index contributed by atoms with van der Waals surface area (Å²) >= 11 is 0. The monoisotopic (exact) mass is 257 g/mol. The van der Waals surface area contributed by atoms with Crippen LogP contribution in [-0.4, -0.2) is 17.0 Å². The Labute approximate surface area is 110 Å². The summed E-state index contributed by atoms with van der Waals surface area (Å²) in [7, 11) is 1.61. The van der Waals surface area contributed by atoms with Crippen molar-refractivity contribution in [1.82, 2.24) is 9.97 Å². The molecule has 0 unspecified atom stereocenters. The fourth-order valence-electron chi connectivity index (χ4n) is 1.52. The van der Waals surface area contributed by atoms with Crippen LogP contribution >= 0.6 is 0 Å². The average molecular weight is 257 g/mol. The molecule has 0 atom stereocenters. The van der Waals surface area contributed by atoms with E-state index in [9.17, 15) is 4.39 Å². The highest BCUT2D eigenvalue weighted by Crippen LogP contribution is 2.19. The number of aromatic nitrogens is 2. The van der Waals surface area contributed by atoms with Gasteiger partial charge >= 0.3 is 0 Å². The van der Waals surface area contributed by atoms with Gasteiger partial charge in [-0.3, -0.25) is 4.90 Å². The number of hydrogen-bond acceptors (Lipinski definition) is 5. The molecule has 0 amide bonds. The molecular weight excluding hydrogens is 245 g/mol. The van der Waals surface area contributed by atoms with Crippen LogP contribution in [0.25, 0.3) is 0 Å². The lowest BCUT2D eigenvalue weighted by Gasteiger charge is -2.11. The third-order valence-electron chi connectivity index (χ3n) is 2.43. The van der Waals surface area contributed by atoms with E-state index in [1.165, 1.54) is 17.0 Å². The molecule has 0 aliphatic rings. The maximum absolute atomic E-state index is 12.8. The zero-order valence-electron chi connectivity index (χ0n) is 10.6. The van der Waals surface area contributed by atoms with Gasteiger partial charge in [0.05, 0.1) is 0 Å². The molecule has 6 heteroatoms. The second kappa shape index (κ2) is 5.31. The molecular formula is C13H12FN5. The van der Waals surface area contributed by atoms with E-state index < -0.39 is 0 Å². The summed E-state index contributed by atoms with van der Waals surface area (Å²) in [5, 5.41) is 11.9. The molecule has 19 heavy (non-hydrogen) atoms. The van der Waals surface area contributed by atoms with Crippen LogP contribution in [0.5, 0.6) is 0 Å². The number of anilines is 3. The van der Waals surface area contributed by atoms with Crippen molar-refractivity contribution in [2.24, 2.45) is 0 Å². The summed E-state index contributed by atoms with van der Waals surface area (Å²) in [6, 6.07) is 7.60. The maximum atomic E-state index is 12.8. The molecule has 5 nitrogen and oxygen atoms in total. The highest BCUT2D eigenvalue weighted by molar-refractivity contribution is 5.60. The number of aryl methyl sites for hydroxylation is 1. The normalized spacial score (nSPS) is 9.79. The van der Waals surface area contributed by atoms with Gasteiger partial charge in [-0.25, -0.2) is 14.4 Å². The lowest BCUT2D eigenvalue weighted by molar-refractivity contribution is 0.628. The zero-order valence-corrected chi connectivity index (χ0v) is 10.6. The molecule has 1 heterocycles. The first kappa shape index (κ1) is 12.8. The topological polar surface area (TPSA) is 64.8 Å². The van der Waals surface area contributed by atoms with Crippen molar-refractivity contribution in [2.75, 3.05) is 17.3 Å². The van der Waals surface area contributed by atoms with Gasteiger partial charge in [0.25, 0.3) is 0 Å². The average Bonchev–Trinajstić information content (AvgIpc) is 2.40. The van der Waals surface area contributed by atoms with Crippen LogP contribution in [0.15, 0.2) is 30.3 Å². The van der Waals surface area contributed by atoms with E-state index in [-0.39, 0.29) is 5.82 Å². The Balaban J connectivity index is 2.28. The van der Waals surface area contributed by atoms with E-state index in [0.29, 0.717) is 23.1 Å². The van der Waals surface area contributed by atoms with Crippen molar-refractivity contribution < 1.29 is 4.39 Å². The van der Waals surface area contributed by atoms with Gasteiger partial charge in [0, 0.05) is 18.8 Å². The number of rotatable bonds is 3. The van der Waals surface area contributed by atoms with Gasteiger partial charge < -0.3 is 5.32 Å². The van der Waals surface area contributed by atoms with Gasteiger partial charge in [0.15, 0.2) is 6.19 Å². The Hall–Kier alpha value is -2.68. The Morgan fingerprint density at radius 3 is 2.58 bits per heavy atom. The van der Waals surface area contributed by atoms with Crippen LogP contribution < -0.4 is 10.2 Å². The van der Waals surface area contributed by atoms with Crippen molar-refractivity contribution in [1.29, 1.82) is 5.26 Å². The second-order valence-electron chi connectivity index (χ2n) is 3.95. The Bertz CT molecular complexity index is 618. The first-order valence-electron chi connectivity index (χ1n) is 5.60. The molecule has 1 aromatic carbocycles. The summed E-state index contributed by atoms with van der Waals surface area (Å²) < 4.78 is 12.8. The summed E-state index contributed by atoms with van der Waals surface area (Å²) in [5.41, 5.74) is 0.713. The van der Waals surface area contributed by atoms with E-state index in [0.717, 1.165) is 0 Å². The van der Waals surface area contributed by atoms with Crippen LogP contribution in [0.2, 0.25) is 0 Å². The molecule has 2 aromatic rings. The lowest BCUT2D eigenvalue weighted by Crippen LogP contribution is -2.12. The number of hydrogen-bond donors (Lipinski definition) is 1. The Morgan fingerprint density at radius 1 is 1.26 bits per heavy atom. The maximum Gasteiger partial charge on any atom is 0.185 e. The molecule has 0 spiro atoms. The van der Waals surface area contributed by atoms with Crippen LogP contribution in [0.3, 0.4) is 0 Å². The van der Waals surface area contributed by atoms with Crippen molar-refractivity contribution in [3.63, 3.8) is 0 Å².